The van der Waals surface area contributed by atoms with Gasteiger partial charge in [-0.2, -0.15) is 0 Å². The molecule has 0 aromatic rings. The predicted molar refractivity (Wildman–Crippen MR) is 82.3 cm³/mol. The fourth-order valence-electron chi connectivity index (χ4n) is 2.06. The maximum Gasteiger partial charge on any atom is 0.0110 e. The van der Waals surface area contributed by atoms with Gasteiger partial charge in [-0.1, -0.05) is 19.8 Å². The lowest BCUT2D eigenvalue weighted by Gasteiger charge is -2.26. The smallest absolute Gasteiger partial charge is 0.0110 e. The van der Waals surface area contributed by atoms with Gasteiger partial charge in [-0.3, -0.25) is 4.90 Å². The van der Waals surface area contributed by atoms with E-state index in [1.54, 1.807) is 0 Å². The average molecular weight is 257 g/mol. The van der Waals surface area contributed by atoms with Crippen LogP contribution in [-0.2, 0) is 0 Å². The Morgan fingerprint density at radius 3 is 2.17 bits per heavy atom. The molecule has 3 nitrogen and oxygen atoms in total. The molecule has 0 aromatic heterocycles. The molecule has 0 atom stereocenters. The minimum Gasteiger partial charge on any atom is -0.315 e. The highest BCUT2D eigenvalue weighted by molar-refractivity contribution is 4.64. The van der Waals surface area contributed by atoms with E-state index in [1.165, 1.54) is 45.3 Å². The molecular formula is C15H35N3. The standard InChI is InChI=1S/C15H35N3/c1-6-7-8-13-18(15(2)3)14-11-16-10-9-12-17(4)5/h15-16H,6-14H2,1-5H3. The van der Waals surface area contributed by atoms with Crippen LogP contribution in [0, 0.1) is 0 Å². The van der Waals surface area contributed by atoms with Gasteiger partial charge in [0.25, 0.3) is 0 Å². The summed E-state index contributed by atoms with van der Waals surface area (Å²) in [5.74, 6) is 0. The van der Waals surface area contributed by atoms with E-state index in [4.69, 9.17) is 0 Å². The van der Waals surface area contributed by atoms with Gasteiger partial charge >= 0.3 is 0 Å². The van der Waals surface area contributed by atoms with Gasteiger partial charge in [0.05, 0.1) is 0 Å². The van der Waals surface area contributed by atoms with Crippen LogP contribution >= 0.6 is 0 Å². The van der Waals surface area contributed by atoms with Crippen molar-refractivity contribution in [2.75, 3.05) is 46.8 Å². The van der Waals surface area contributed by atoms with Crippen molar-refractivity contribution >= 4 is 0 Å². The highest BCUT2D eigenvalue weighted by Gasteiger charge is 2.07. The van der Waals surface area contributed by atoms with Crippen LogP contribution in [0.2, 0.25) is 0 Å². The van der Waals surface area contributed by atoms with Crippen molar-refractivity contribution in [3.8, 4) is 0 Å². The Kier molecular flexibility index (Phi) is 11.9. The fourth-order valence-corrected chi connectivity index (χ4v) is 2.06. The number of rotatable bonds is 12. The van der Waals surface area contributed by atoms with Gasteiger partial charge < -0.3 is 10.2 Å². The molecule has 0 heterocycles. The van der Waals surface area contributed by atoms with Crippen molar-refractivity contribution in [1.82, 2.24) is 15.1 Å². The van der Waals surface area contributed by atoms with E-state index in [1.807, 2.05) is 0 Å². The minimum absolute atomic E-state index is 0.672. The van der Waals surface area contributed by atoms with Crippen molar-refractivity contribution in [2.45, 2.75) is 52.5 Å². The Morgan fingerprint density at radius 1 is 0.889 bits per heavy atom. The van der Waals surface area contributed by atoms with Crippen LogP contribution in [0.4, 0.5) is 0 Å². The number of nitrogens with zero attached hydrogens (tertiary/aromatic N) is 2. The van der Waals surface area contributed by atoms with E-state index in [-0.39, 0.29) is 0 Å². The summed E-state index contributed by atoms with van der Waals surface area (Å²) in [6.07, 6.45) is 5.26. The van der Waals surface area contributed by atoms with Crippen molar-refractivity contribution in [1.29, 1.82) is 0 Å². The lowest BCUT2D eigenvalue weighted by Crippen LogP contribution is -2.38. The zero-order chi connectivity index (χ0) is 13.8. The summed E-state index contributed by atoms with van der Waals surface area (Å²) in [5.41, 5.74) is 0. The summed E-state index contributed by atoms with van der Waals surface area (Å²) in [5, 5.41) is 3.55. The van der Waals surface area contributed by atoms with Crippen LogP contribution < -0.4 is 5.32 Å². The Hall–Kier alpha value is -0.120. The van der Waals surface area contributed by atoms with Gasteiger partial charge in [0.15, 0.2) is 0 Å². The Balaban J connectivity index is 3.52. The van der Waals surface area contributed by atoms with Crippen molar-refractivity contribution in [2.24, 2.45) is 0 Å². The quantitative estimate of drug-likeness (QED) is 0.542. The molecule has 3 heteroatoms. The van der Waals surface area contributed by atoms with E-state index >= 15 is 0 Å². The topological polar surface area (TPSA) is 18.5 Å². The predicted octanol–water partition coefficient (Wildman–Crippen LogP) is 2.43. The molecule has 18 heavy (non-hydrogen) atoms. The van der Waals surface area contributed by atoms with E-state index in [2.05, 4.69) is 50.0 Å². The minimum atomic E-state index is 0.672. The van der Waals surface area contributed by atoms with E-state index in [0.29, 0.717) is 6.04 Å². The molecule has 0 fully saturated rings. The Bertz CT molecular complexity index is 169. The van der Waals surface area contributed by atoms with Crippen LogP contribution in [0.5, 0.6) is 0 Å². The van der Waals surface area contributed by atoms with Crippen molar-refractivity contribution < 1.29 is 0 Å². The molecule has 0 spiro atoms. The number of hydrogen-bond donors (Lipinski definition) is 1. The van der Waals surface area contributed by atoms with Gasteiger partial charge in [0.2, 0.25) is 0 Å². The lowest BCUT2D eigenvalue weighted by molar-refractivity contribution is 0.217. The second kappa shape index (κ2) is 11.9. The SMILES string of the molecule is CCCCCN(CCNCCCN(C)C)C(C)C. The summed E-state index contributed by atoms with van der Waals surface area (Å²) in [7, 11) is 4.27. The molecule has 0 unspecified atom stereocenters. The summed E-state index contributed by atoms with van der Waals surface area (Å²) in [6.45, 7) is 12.8. The third-order valence-corrected chi connectivity index (χ3v) is 3.31. The van der Waals surface area contributed by atoms with Gasteiger partial charge in [-0.05, 0) is 60.4 Å². The summed E-state index contributed by atoms with van der Waals surface area (Å²) >= 11 is 0. The second-order valence-corrected chi connectivity index (χ2v) is 5.74. The molecule has 0 bridgehead atoms. The Labute approximate surface area is 115 Å². The molecule has 0 aromatic carbocycles. The number of hydrogen-bond acceptors (Lipinski definition) is 3. The van der Waals surface area contributed by atoms with Crippen LogP contribution in [-0.4, -0.2) is 62.7 Å². The number of nitrogens with one attached hydrogen (secondary N) is 1. The highest BCUT2D eigenvalue weighted by atomic mass is 15.2. The van der Waals surface area contributed by atoms with E-state index < -0.39 is 0 Å². The van der Waals surface area contributed by atoms with Gasteiger partial charge in [-0.15, -0.1) is 0 Å². The van der Waals surface area contributed by atoms with Crippen molar-refractivity contribution in [3.05, 3.63) is 0 Å². The van der Waals surface area contributed by atoms with Crippen LogP contribution in [0.15, 0.2) is 0 Å². The first kappa shape index (κ1) is 17.9. The zero-order valence-corrected chi connectivity index (χ0v) is 13.3. The molecule has 0 aliphatic heterocycles. The second-order valence-electron chi connectivity index (χ2n) is 5.74. The lowest BCUT2D eigenvalue weighted by atomic mass is 10.2. The molecule has 110 valence electrons. The molecule has 0 aliphatic rings. The molecule has 0 radical (unpaired) electrons. The average Bonchev–Trinajstić information content (AvgIpc) is 2.30. The number of unbranched alkanes of at least 4 members (excludes halogenated alkanes) is 2. The summed E-state index contributed by atoms with van der Waals surface area (Å²) < 4.78 is 0. The monoisotopic (exact) mass is 257 g/mol. The maximum atomic E-state index is 3.55. The van der Waals surface area contributed by atoms with Gasteiger partial charge in [0.1, 0.15) is 0 Å². The third kappa shape index (κ3) is 11.0. The van der Waals surface area contributed by atoms with Crippen LogP contribution in [0.3, 0.4) is 0 Å². The molecule has 1 N–H and O–H groups in total. The third-order valence-electron chi connectivity index (χ3n) is 3.31. The molecule has 0 saturated carbocycles. The first-order valence-corrected chi connectivity index (χ1v) is 7.67. The van der Waals surface area contributed by atoms with Crippen molar-refractivity contribution in [3.63, 3.8) is 0 Å². The van der Waals surface area contributed by atoms with Gasteiger partial charge in [-0.25, -0.2) is 0 Å². The summed E-state index contributed by atoms with van der Waals surface area (Å²) in [6, 6.07) is 0.672. The molecule has 0 aliphatic carbocycles. The van der Waals surface area contributed by atoms with Crippen LogP contribution in [0.25, 0.3) is 0 Å². The first-order valence-electron chi connectivity index (χ1n) is 7.67. The highest BCUT2D eigenvalue weighted by Crippen LogP contribution is 2.02. The molecule has 0 rings (SSSR count). The molecule has 0 saturated heterocycles. The van der Waals surface area contributed by atoms with E-state index in [9.17, 15) is 0 Å². The van der Waals surface area contributed by atoms with E-state index in [0.717, 1.165) is 13.1 Å². The maximum absolute atomic E-state index is 3.55. The largest absolute Gasteiger partial charge is 0.315 e. The van der Waals surface area contributed by atoms with Crippen LogP contribution in [0.1, 0.15) is 46.5 Å². The molecular weight excluding hydrogens is 222 g/mol. The molecule has 0 amide bonds. The zero-order valence-electron chi connectivity index (χ0n) is 13.3. The van der Waals surface area contributed by atoms with Gasteiger partial charge in [0, 0.05) is 19.1 Å². The first-order chi connectivity index (χ1) is 8.57. The fraction of sp³-hybridized carbons (Fsp3) is 1.00. The summed E-state index contributed by atoms with van der Waals surface area (Å²) in [4.78, 5) is 4.83. The normalized spacial score (nSPS) is 12.0. The Morgan fingerprint density at radius 2 is 1.61 bits per heavy atom.